The lowest BCUT2D eigenvalue weighted by atomic mass is 10.3. The Morgan fingerprint density at radius 2 is 2.00 bits per heavy atom. The third-order valence-corrected chi connectivity index (χ3v) is 1.53. The van der Waals surface area contributed by atoms with Gasteiger partial charge in [0.15, 0.2) is 5.58 Å². The number of aromatic nitrogens is 1. The number of aliphatic hydroxyl groups is 2. The molecular formula is C8H7NO3. The molecule has 1 aromatic heterocycles. The Bertz CT molecular complexity index is 361. The minimum absolute atomic E-state index is 0.0730. The quantitative estimate of drug-likeness (QED) is 0.613. The fourth-order valence-electron chi connectivity index (χ4n) is 1.00. The third-order valence-electron chi connectivity index (χ3n) is 1.53. The van der Waals surface area contributed by atoms with Crippen molar-refractivity contribution in [2.24, 2.45) is 0 Å². The Morgan fingerprint density at radius 3 is 2.67 bits per heavy atom. The molecule has 0 radical (unpaired) electrons. The number of fused-ring (bicyclic) bond motifs is 1. The summed E-state index contributed by atoms with van der Waals surface area (Å²) in [5.74, 6) is -0.0730. The van der Waals surface area contributed by atoms with Gasteiger partial charge in [-0.2, -0.15) is 0 Å². The average Bonchev–Trinajstić information content (AvgIpc) is 2.46. The van der Waals surface area contributed by atoms with Crippen LogP contribution in [0.5, 0.6) is 0 Å². The minimum atomic E-state index is -1.64. The molecule has 4 nitrogen and oxygen atoms in total. The van der Waals surface area contributed by atoms with E-state index < -0.39 is 6.29 Å². The molecule has 0 saturated heterocycles. The maximum atomic E-state index is 8.72. The lowest BCUT2D eigenvalue weighted by molar-refractivity contribution is -0.0610. The Morgan fingerprint density at radius 1 is 1.25 bits per heavy atom. The van der Waals surface area contributed by atoms with Crippen molar-refractivity contribution in [3.05, 3.63) is 30.2 Å². The van der Waals surface area contributed by atoms with E-state index in [1.165, 1.54) is 0 Å². The van der Waals surface area contributed by atoms with Crippen LogP contribution in [0.15, 0.2) is 28.7 Å². The number of hydrogen-bond acceptors (Lipinski definition) is 4. The van der Waals surface area contributed by atoms with Gasteiger partial charge in [0.25, 0.3) is 5.89 Å². The lowest BCUT2D eigenvalue weighted by Gasteiger charge is -1.92. The minimum Gasteiger partial charge on any atom is -0.436 e. The zero-order valence-electron chi connectivity index (χ0n) is 6.14. The predicted octanol–water partition coefficient (Wildman–Crippen LogP) is 0.811. The Labute approximate surface area is 68.1 Å². The summed E-state index contributed by atoms with van der Waals surface area (Å²) in [6.45, 7) is 0. The van der Waals surface area contributed by atoms with Crippen LogP contribution in [0, 0.1) is 0 Å². The van der Waals surface area contributed by atoms with Gasteiger partial charge in [-0.1, -0.05) is 12.1 Å². The van der Waals surface area contributed by atoms with Gasteiger partial charge in [0.05, 0.1) is 0 Å². The van der Waals surface area contributed by atoms with Gasteiger partial charge in [-0.25, -0.2) is 4.98 Å². The molecule has 12 heavy (non-hydrogen) atoms. The van der Waals surface area contributed by atoms with E-state index in [1.807, 2.05) is 0 Å². The van der Waals surface area contributed by atoms with E-state index >= 15 is 0 Å². The zero-order valence-corrected chi connectivity index (χ0v) is 6.14. The molecule has 0 fully saturated rings. The number of nitrogens with zero attached hydrogens (tertiary/aromatic N) is 1. The molecule has 0 saturated carbocycles. The standard InChI is InChI=1S/C8H7NO3/c10-8(11)7-9-5-3-1-2-4-6(5)12-7/h1-4,8,10-11H. The van der Waals surface area contributed by atoms with E-state index in [9.17, 15) is 0 Å². The molecule has 0 aliphatic carbocycles. The van der Waals surface area contributed by atoms with Crippen LogP contribution in [0.4, 0.5) is 0 Å². The van der Waals surface area contributed by atoms with Crippen LogP contribution >= 0.6 is 0 Å². The first-order valence-electron chi connectivity index (χ1n) is 3.49. The van der Waals surface area contributed by atoms with Crippen LogP contribution in [-0.2, 0) is 0 Å². The summed E-state index contributed by atoms with van der Waals surface area (Å²) in [7, 11) is 0. The molecule has 4 heteroatoms. The largest absolute Gasteiger partial charge is 0.436 e. The first kappa shape index (κ1) is 7.27. The summed E-state index contributed by atoms with van der Waals surface area (Å²) >= 11 is 0. The molecule has 62 valence electrons. The van der Waals surface area contributed by atoms with Gasteiger partial charge in [0, 0.05) is 0 Å². The molecule has 0 spiro atoms. The Kier molecular flexibility index (Phi) is 1.56. The van der Waals surface area contributed by atoms with Crippen LogP contribution in [0.2, 0.25) is 0 Å². The summed E-state index contributed by atoms with van der Waals surface area (Å²) < 4.78 is 5.02. The average molecular weight is 165 g/mol. The molecule has 0 atom stereocenters. The molecule has 0 bridgehead atoms. The van der Waals surface area contributed by atoms with Crippen LogP contribution in [0.25, 0.3) is 11.1 Å². The van der Waals surface area contributed by atoms with Crippen molar-refractivity contribution in [2.45, 2.75) is 6.29 Å². The highest BCUT2D eigenvalue weighted by molar-refractivity contribution is 5.72. The summed E-state index contributed by atoms with van der Waals surface area (Å²) in [6.07, 6.45) is -1.64. The van der Waals surface area contributed by atoms with E-state index in [0.717, 1.165) is 0 Å². The second-order valence-corrected chi connectivity index (χ2v) is 2.39. The van der Waals surface area contributed by atoms with Crippen molar-refractivity contribution in [3.8, 4) is 0 Å². The smallest absolute Gasteiger partial charge is 0.252 e. The molecular weight excluding hydrogens is 158 g/mol. The fourth-order valence-corrected chi connectivity index (χ4v) is 1.00. The molecule has 0 unspecified atom stereocenters. The SMILES string of the molecule is OC(O)c1nc2ccccc2o1. The molecule has 2 aromatic rings. The number of aliphatic hydroxyl groups excluding tert-OH is 1. The van der Waals surface area contributed by atoms with E-state index in [0.29, 0.717) is 11.1 Å². The molecule has 0 amide bonds. The van der Waals surface area contributed by atoms with E-state index in [1.54, 1.807) is 24.3 Å². The predicted molar refractivity (Wildman–Crippen MR) is 41.2 cm³/mol. The van der Waals surface area contributed by atoms with Gasteiger partial charge < -0.3 is 14.6 Å². The summed E-state index contributed by atoms with van der Waals surface area (Å²) in [6, 6.07) is 7.05. The van der Waals surface area contributed by atoms with Crippen LogP contribution in [0.1, 0.15) is 12.2 Å². The van der Waals surface area contributed by atoms with Crippen molar-refractivity contribution < 1.29 is 14.6 Å². The number of benzene rings is 1. The van der Waals surface area contributed by atoms with Crippen molar-refractivity contribution in [1.29, 1.82) is 0 Å². The number of oxazole rings is 1. The number of para-hydroxylation sites is 2. The van der Waals surface area contributed by atoms with Crippen molar-refractivity contribution >= 4 is 11.1 Å². The summed E-state index contributed by atoms with van der Waals surface area (Å²) in [5, 5.41) is 17.4. The molecule has 1 aromatic carbocycles. The Balaban J connectivity index is 2.62. The monoisotopic (exact) mass is 165 g/mol. The number of hydrogen-bond donors (Lipinski definition) is 2. The molecule has 2 rings (SSSR count). The zero-order chi connectivity index (χ0) is 8.55. The van der Waals surface area contributed by atoms with Crippen molar-refractivity contribution in [3.63, 3.8) is 0 Å². The van der Waals surface area contributed by atoms with Crippen molar-refractivity contribution in [1.82, 2.24) is 4.98 Å². The Hall–Kier alpha value is -1.39. The van der Waals surface area contributed by atoms with Gasteiger partial charge in [-0.3, -0.25) is 0 Å². The molecule has 1 heterocycles. The molecule has 0 aliphatic rings. The molecule has 0 aliphatic heterocycles. The van der Waals surface area contributed by atoms with Gasteiger partial charge in [0.1, 0.15) is 5.52 Å². The maximum Gasteiger partial charge on any atom is 0.252 e. The highest BCUT2D eigenvalue weighted by Crippen LogP contribution is 2.17. The van der Waals surface area contributed by atoms with Crippen molar-refractivity contribution in [2.75, 3.05) is 0 Å². The topological polar surface area (TPSA) is 66.5 Å². The normalized spacial score (nSPS) is 11.2. The van der Waals surface area contributed by atoms with Gasteiger partial charge in [-0.05, 0) is 12.1 Å². The van der Waals surface area contributed by atoms with Crippen LogP contribution < -0.4 is 0 Å². The summed E-state index contributed by atoms with van der Waals surface area (Å²) in [4.78, 5) is 3.85. The van der Waals surface area contributed by atoms with E-state index in [2.05, 4.69) is 4.98 Å². The second kappa shape index (κ2) is 2.58. The fraction of sp³-hybridized carbons (Fsp3) is 0.125. The first-order chi connectivity index (χ1) is 5.77. The van der Waals surface area contributed by atoms with Crippen LogP contribution in [-0.4, -0.2) is 15.2 Å². The third kappa shape index (κ3) is 1.07. The van der Waals surface area contributed by atoms with Gasteiger partial charge >= 0.3 is 0 Å². The van der Waals surface area contributed by atoms with E-state index in [-0.39, 0.29) is 5.89 Å². The van der Waals surface area contributed by atoms with Crippen LogP contribution in [0.3, 0.4) is 0 Å². The lowest BCUT2D eigenvalue weighted by Crippen LogP contribution is -1.93. The number of rotatable bonds is 1. The van der Waals surface area contributed by atoms with Gasteiger partial charge in [-0.15, -0.1) is 0 Å². The summed E-state index contributed by atoms with van der Waals surface area (Å²) in [5.41, 5.74) is 1.18. The van der Waals surface area contributed by atoms with Gasteiger partial charge in [0.2, 0.25) is 6.29 Å². The highest BCUT2D eigenvalue weighted by atomic mass is 16.5. The van der Waals surface area contributed by atoms with E-state index in [4.69, 9.17) is 14.6 Å². The first-order valence-corrected chi connectivity index (χ1v) is 3.49. The highest BCUT2D eigenvalue weighted by Gasteiger charge is 2.10. The maximum absolute atomic E-state index is 8.72. The molecule has 2 N–H and O–H groups in total. The second-order valence-electron chi connectivity index (χ2n) is 2.39.